The number of hydrogen-bond acceptors (Lipinski definition) is 19. The van der Waals surface area contributed by atoms with Crippen LogP contribution in [0.1, 0.15) is 117 Å². The Morgan fingerprint density at radius 1 is 0.593 bits per heavy atom. The number of nitrogens with one attached hydrogen (secondary N) is 11. The van der Waals surface area contributed by atoms with Gasteiger partial charge in [-0.2, -0.15) is 13.2 Å². The molecule has 0 saturated carbocycles. The van der Waals surface area contributed by atoms with Crippen molar-refractivity contribution in [1.29, 1.82) is 0 Å². The Kier molecular flexibility index (Phi) is 38.6. The number of carbonyl (C=O) groups excluding carboxylic acids is 11. The molecule has 11 amide bonds. The van der Waals surface area contributed by atoms with Crippen LogP contribution in [0.3, 0.4) is 0 Å². The van der Waals surface area contributed by atoms with E-state index in [0.29, 0.717) is 17.9 Å². The van der Waals surface area contributed by atoms with Gasteiger partial charge in [0.1, 0.15) is 60.4 Å². The van der Waals surface area contributed by atoms with Crippen LogP contribution in [0.5, 0.6) is 0 Å². The molecule has 0 aliphatic carbocycles. The zero-order chi connectivity index (χ0) is 69.0. The lowest BCUT2D eigenvalue weighted by Crippen LogP contribution is -2.62. The van der Waals surface area contributed by atoms with E-state index in [2.05, 4.69) is 72.3 Å². The Bertz CT molecular complexity index is 2500. The number of unbranched alkanes of at least 4 members (excludes halogenated alkanes) is 1. The molecule has 0 radical (unpaired) electrons. The number of alkyl halides is 3. The smallest absolute Gasteiger partial charge is 0.475 e. The number of amides is 11. The van der Waals surface area contributed by atoms with Crippen molar-refractivity contribution in [3.8, 4) is 0 Å². The van der Waals surface area contributed by atoms with Gasteiger partial charge in [0.25, 0.3) is 0 Å². The second-order valence-electron chi connectivity index (χ2n) is 22.4. The number of carbonyl (C=O) groups is 12. The Balaban J connectivity index is 0.00000556. The highest BCUT2D eigenvalue weighted by atomic mass is 19.4. The van der Waals surface area contributed by atoms with Crippen LogP contribution in [-0.4, -0.2) is 205 Å². The predicted molar refractivity (Wildman–Crippen MR) is 325 cm³/mol. The van der Waals surface area contributed by atoms with E-state index in [1.165, 1.54) is 6.92 Å². The molecule has 31 nitrogen and oxygen atoms in total. The first-order valence-electron chi connectivity index (χ1n) is 30.3. The number of carboxylic acid groups (broad SMARTS) is 1. The van der Waals surface area contributed by atoms with Crippen molar-refractivity contribution in [3.63, 3.8) is 0 Å². The molecule has 516 valence electrons. The van der Waals surface area contributed by atoms with Gasteiger partial charge in [0.05, 0.1) is 12.7 Å². The topological polar surface area (TPSA) is 528 Å². The molecule has 12 unspecified atom stereocenters. The van der Waals surface area contributed by atoms with E-state index in [1.807, 2.05) is 0 Å². The lowest BCUT2D eigenvalue weighted by molar-refractivity contribution is -0.192. The van der Waals surface area contributed by atoms with Crippen LogP contribution < -0.4 is 87.2 Å². The first-order valence-corrected chi connectivity index (χ1v) is 30.3. The van der Waals surface area contributed by atoms with Crippen molar-refractivity contribution < 1.29 is 86.0 Å². The van der Waals surface area contributed by atoms with Crippen LogP contribution in [0.2, 0.25) is 0 Å². The summed E-state index contributed by atoms with van der Waals surface area (Å²) in [6, 6.07) is -6.16. The summed E-state index contributed by atoms with van der Waals surface area (Å²) in [5.41, 5.74) is 29.9. The highest BCUT2D eigenvalue weighted by molar-refractivity contribution is 5.99. The first kappa shape index (κ1) is 81.4. The summed E-state index contributed by atoms with van der Waals surface area (Å²) in [6.07, 6.45) is -4.54. The van der Waals surface area contributed by atoms with Gasteiger partial charge in [-0.05, 0) is 108 Å². The average Bonchev–Trinajstić information content (AvgIpc) is 1.23. The van der Waals surface area contributed by atoms with Gasteiger partial charge >= 0.3 is 12.1 Å². The summed E-state index contributed by atoms with van der Waals surface area (Å²) in [4.78, 5) is 162. The van der Waals surface area contributed by atoms with Crippen LogP contribution in [0.4, 0.5) is 13.2 Å². The standard InChI is InChI=1S/C55H96N16O13.C2HF3O2/c1-6-32(4)12-10-11-15-44(74)62-35(16-22-56)52(81)71-45(33(5)73)55(84)67-39(20-26-60)48(77)66-40-21-27-61-46(75)43(30-72)70-50(79)38(19-25-59)63-47(76)36(17-23-57)65-53(82)41(28-31(2)3)68-54(83)42(29-34-13-8-7-9-14-34)69-49(78)37(18-24-58)64-51(40)80;3-2(4,5)1(6)7/h7-9,13-14,31-33,35-43,45,72-73H,6,10-12,15-30,56-60H2,1-5H3,(H,61,75)(H,62,74)(H,63,76)(H,64,80)(H,65,82)(H,66,77)(H,67,84)(H,68,83)(H,69,78)(H,70,79)(H,71,81);(H,6,7). The minimum atomic E-state index is -5.08. The Labute approximate surface area is 527 Å². The number of aliphatic hydroxyl groups excluding tert-OH is 2. The van der Waals surface area contributed by atoms with Crippen molar-refractivity contribution in [3.05, 3.63) is 35.9 Å². The van der Waals surface area contributed by atoms with E-state index in [4.69, 9.17) is 38.6 Å². The van der Waals surface area contributed by atoms with E-state index in [-0.39, 0.29) is 90.0 Å². The molecule has 1 aromatic carbocycles. The molecule has 1 heterocycles. The number of nitrogens with two attached hydrogens (primary N) is 5. The summed E-state index contributed by atoms with van der Waals surface area (Å²) in [7, 11) is 0. The monoisotopic (exact) mass is 1300 g/mol. The normalized spacial score (nSPS) is 21.8. The number of carboxylic acids is 1. The number of rotatable bonds is 29. The van der Waals surface area contributed by atoms with E-state index in [1.54, 1.807) is 44.2 Å². The molecule has 0 bridgehead atoms. The van der Waals surface area contributed by atoms with Crippen LogP contribution in [0, 0.1) is 11.8 Å². The lowest BCUT2D eigenvalue weighted by Gasteiger charge is -2.29. The zero-order valence-corrected chi connectivity index (χ0v) is 52.3. The molecule has 12 atom stereocenters. The van der Waals surface area contributed by atoms with E-state index in [9.17, 15) is 76.1 Å². The minimum absolute atomic E-state index is 0.0163. The minimum Gasteiger partial charge on any atom is -0.475 e. The van der Waals surface area contributed by atoms with Gasteiger partial charge in [0.2, 0.25) is 65.0 Å². The van der Waals surface area contributed by atoms with Gasteiger partial charge in [-0.3, -0.25) is 52.7 Å². The lowest BCUT2D eigenvalue weighted by atomic mass is 10.00. The summed E-state index contributed by atoms with van der Waals surface area (Å²) >= 11 is 0. The molecule has 1 saturated heterocycles. The fourth-order valence-corrected chi connectivity index (χ4v) is 8.94. The van der Waals surface area contributed by atoms with Gasteiger partial charge < -0.3 is 102 Å². The maximum Gasteiger partial charge on any atom is 0.490 e. The van der Waals surface area contributed by atoms with Gasteiger partial charge in [-0.15, -0.1) is 0 Å². The third-order valence-corrected chi connectivity index (χ3v) is 14.2. The third-order valence-electron chi connectivity index (χ3n) is 14.2. The fourth-order valence-electron chi connectivity index (χ4n) is 8.94. The van der Waals surface area contributed by atoms with Crippen molar-refractivity contribution in [2.45, 2.75) is 191 Å². The van der Waals surface area contributed by atoms with Crippen LogP contribution in [-0.2, 0) is 64.0 Å². The summed E-state index contributed by atoms with van der Waals surface area (Å²) in [5.74, 6) is -12.2. The molecule has 0 aromatic heterocycles. The molecule has 1 aliphatic rings. The maximum absolute atomic E-state index is 14.5. The zero-order valence-electron chi connectivity index (χ0n) is 52.3. The van der Waals surface area contributed by atoms with Crippen molar-refractivity contribution in [2.24, 2.45) is 40.5 Å². The number of benzene rings is 1. The van der Waals surface area contributed by atoms with Gasteiger partial charge in [-0.1, -0.05) is 77.3 Å². The predicted octanol–water partition coefficient (Wildman–Crippen LogP) is -5.00. The van der Waals surface area contributed by atoms with Gasteiger partial charge in [-0.25, -0.2) is 4.79 Å². The van der Waals surface area contributed by atoms with Crippen LogP contribution in [0.25, 0.3) is 0 Å². The van der Waals surface area contributed by atoms with Gasteiger partial charge in [0, 0.05) is 19.4 Å². The molecule has 1 fully saturated rings. The Morgan fingerprint density at radius 2 is 1.05 bits per heavy atom. The summed E-state index contributed by atoms with van der Waals surface area (Å²) in [6.45, 7) is 6.86. The molecular formula is C57H97F3N16O15. The molecule has 1 aromatic rings. The van der Waals surface area contributed by atoms with Crippen LogP contribution >= 0.6 is 0 Å². The number of halogens is 3. The molecule has 0 spiro atoms. The number of aliphatic carboxylic acids is 1. The second-order valence-corrected chi connectivity index (χ2v) is 22.4. The van der Waals surface area contributed by atoms with Crippen molar-refractivity contribution in [1.82, 2.24) is 58.5 Å². The summed E-state index contributed by atoms with van der Waals surface area (Å²) in [5, 5.41) is 56.2. The maximum atomic E-state index is 14.5. The Morgan fingerprint density at radius 3 is 1.52 bits per heavy atom. The summed E-state index contributed by atoms with van der Waals surface area (Å²) < 4.78 is 31.7. The number of hydrogen-bond donors (Lipinski definition) is 19. The second kappa shape index (κ2) is 43.2. The average molecular weight is 1300 g/mol. The Hall–Kier alpha value is -7.63. The largest absolute Gasteiger partial charge is 0.490 e. The van der Waals surface area contributed by atoms with E-state index in [0.717, 1.165) is 19.3 Å². The highest BCUT2D eigenvalue weighted by Gasteiger charge is 2.39. The first-order chi connectivity index (χ1) is 42.9. The van der Waals surface area contributed by atoms with Gasteiger partial charge in [0.15, 0.2) is 0 Å². The van der Waals surface area contributed by atoms with Crippen molar-refractivity contribution >= 4 is 70.9 Å². The van der Waals surface area contributed by atoms with E-state index < -0.39 is 163 Å². The van der Waals surface area contributed by atoms with E-state index >= 15 is 0 Å². The molecule has 91 heavy (non-hydrogen) atoms. The molecule has 2 rings (SSSR count). The fraction of sp³-hybridized carbons (Fsp3) is 0.684. The SMILES string of the molecule is CCC(C)CCCCC(=O)NC(CCN)C(=O)NC(C(=O)NC(CCN)C(=O)NC1CCNC(=O)C(CO)NC(=O)C(CCN)NC(=O)C(CCN)NC(=O)C(CC(C)C)NC(=O)C(Cc2ccccc2)NC(=O)C(CCN)NC1=O)C(C)O.O=C(O)C(F)(F)F. The molecule has 1 aliphatic heterocycles. The van der Waals surface area contributed by atoms with Crippen molar-refractivity contribution in [2.75, 3.05) is 45.9 Å². The third kappa shape index (κ3) is 31.3. The highest BCUT2D eigenvalue weighted by Crippen LogP contribution is 2.15. The quantitative estimate of drug-likeness (QED) is 0.0334. The van der Waals surface area contributed by atoms with Crippen LogP contribution in [0.15, 0.2) is 30.3 Å². The molecular weight excluding hydrogens is 1210 g/mol. The molecule has 34 heteroatoms. The number of aliphatic hydroxyl groups is 2. The molecule has 24 N–H and O–H groups in total.